The van der Waals surface area contributed by atoms with Crippen molar-refractivity contribution in [3.63, 3.8) is 0 Å². The van der Waals surface area contributed by atoms with Gasteiger partial charge in [-0.2, -0.15) is 0 Å². The van der Waals surface area contributed by atoms with Crippen LogP contribution in [-0.2, 0) is 11.3 Å². The summed E-state index contributed by atoms with van der Waals surface area (Å²) in [5, 5.41) is 13.6. The van der Waals surface area contributed by atoms with Crippen LogP contribution in [0, 0.1) is 0 Å². The van der Waals surface area contributed by atoms with E-state index in [0.717, 1.165) is 32.7 Å². The average molecular weight is 238 g/mol. The molecular weight excluding hydrogens is 220 g/mol. The van der Waals surface area contributed by atoms with Gasteiger partial charge in [0.25, 0.3) is 0 Å². The van der Waals surface area contributed by atoms with E-state index in [9.17, 15) is 4.79 Å². The highest BCUT2D eigenvalue weighted by molar-refractivity contribution is 5.75. The third-order valence-corrected chi connectivity index (χ3v) is 2.74. The Hall–Kier alpha value is -1.47. The van der Waals surface area contributed by atoms with Gasteiger partial charge in [0.15, 0.2) is 0 Å². The molecule has 0 radical (unpaired) electrons. The lowest BCUT2D eigenvalue weighted by molar-refractivity contribution is -0.121. The molecule has 2 rings (SSSR count). The van der Waals surface area contributed by atoms with Gasteiger partial charge in [-0.15, -0.1) is 5.10 Å². The van der Waals surface area contributed by atoms with E-state index >= 15 is 0 Å². The zero-order valence-corrected chi connectivity index (χ0v) is 9.80. The van der Waals surface area contributed by atoms with Gasteiger partial charge in [0.1, 0.15) is 6.54 Å². The summed E-state index contributed by atoms with van der Waals surface area (Å²) in [6, 6.07) is 0. The first-order valence-electron chi connectivity index (χ1n) is 5.88. The van der Waals surface area contributed by atoms with Gasteiger partial charge in [-0.25, -0.2) is 4.68 Å². The molecule has 0 spiro atoms. The van der Waals surface area contributed by atoms with Crippen LogP contribution in [0.4, 0.5) is 0 Å². The first-order valence-corrected chi connectivity index (χ1v) is 5.88. The maximum Gasteiger partial charge on any atom is 0.241 e. The minimum atomic E-state index is -0.0226. The molecule has 1 aliphatic rings. The number of nitrogens with zero attached hydrogens (tertiary/aromatic N) is 4. The lowest BCUT2D eigenvalue weighted by Gasteiger charge is -2.27. The zero-order chi connectivity index (χ0) is 11.9. The second-order valence-corrected chi connectivity index (χ2v) is 4.04. The Labute approximate surface area is 100 Å². The van der Waals surface area contributed by atoms with Gasteiger partial charge in [-0.1, -0.05) is 5.21 Å². The van der Waals surface area contributed by atoms with E-state index in [2.05, 4.69) is 25.8 Å². The van der Waals surface area contributed by atoms with Gasteiger partial charge in [0.05, 0.1) is 6.20 Å². The molecule has 0 atom stereocenters. The molecule has 2 N–H and O–H groups in total. The number of rotatable bonds is 5. The largest absolute Gasteiger partial charge is 0.353 e. The van der Waals surface area contributed by atoms with Crippen LogP contribution in [0.15, 0.2) is 12.4 Å². The van der Waals surface area contributed by atoms with Crippen molar-refractivity contribution in [2.45, 2.75) is 6.54 Å². The summed E-state index contributed by atoms with van der Waals surface area (Å²) in [4.78, 5) is 13.9. The van der Waals surface area contributed by atoms with Gasteiger partial charge in [-0.05, 0) is 0 Å². The molecule has 17 heavy (non-hydrogen) atoms. The molecule has 2 heterocycles. The van der Waals surface area contributed by atoms with Gasteiger partial charge in [0.2, 0.25) is 5.91 Å². The van der Waals surface area contributed by atoms with Gasteiger partial charge in [-0.3, -0.25) is 9.69 Å². The van der Waals surface area contributed by atoms with Crippen molar-refractivity contribution in [1.82, 2.24) is 30.5 Å². The molecule has 1 fully saturated rings. The summed E-state index contributed by atoms with van der Waals surface area (Å²) < 4.78 is 1.51. The van der Waals surface area contributed by atoms with Gasteiger partial charge in [0, 0.05) is 45.5 Å². The molecule has 0 saturated carbocycles. The maximum atomic E-state index is 11.5. The zero-order valence-electron chi connectivity index (χ0n) is 9.80. The fraction of sp³-hybridized carbons (Fsp3) is 0.700. The maximum absolute atomic E-state index is 11.5. The van der Waals surface area contributed by atoms with Crippen LogP contribution < -0.4 is 10.6 Å². The molecule has 1 amide bonds. The molecule has 7 nitrogen and oxygen atoms in total. The van der Waals surface area contributed by atoms with E-state index in [1.54, 1.807) is 12.4 Å². The Morgan fingerprint density at radius 1 is 1.41 bits per heavy atom. The number of carbonyl (C=O) groups is 1. The highest BCUT2D eigenvalue weighted by atomic mass is 16.2. The first kappa shape index (κ1) is 12.0. The molecule has 0 unspecified atom stereocenters. The molecule has 1 aliphatic heterocycles. The molecule has 7 heteroatoms. The highest BCUT2D eigenvalue weighted by Gasteiger charge is 2.09. The predicted molar refractivity (Wildman–Crippen MR) is 62.3 cm³/mol. The summed E-state index contributed by atoms with van der Waals surface area (Å²) >= 11 is 0. The van der Waals surface area contributed by atoms with Crippen LogP contribution in [0.5, 0.6) is 0 Å². The van der Waals surface area contributed by atoms with E-state index in [0.29, 0.717) is 6.54 Å². The summed E-state index contributed by atoms with van der Waals surface area (Å²) in [6.45, 7) is 6.01. The molecule has 1 aromatic heterocycles. The Balaban J connectivity index is 1.59. The van der Waals surface area contributed by atoms with E-state index in [1.807, 2.05) is 0 Å². The van der Waals surface area contributed by atoms with Crippen molar-refractivity contribution in [3.8, 4) is 0 Å². The normalized spacial score (nSPS) is 16.9. The van der Waals surface area contributed by atoms with E-state index < -0.39 is 0 Å². The van der Waals surface area contributed by atoms with Crippen molar-refractivity contribution >= 4 is 5.91 Å². The van der Waals surface area contributed by atoms with Crippen LogP contribution in [0.25, 0.3) is 0 Å². The van der Waals surface area contributed by atoms with Gasteiger partial charge < -0.3 is 10.6 Å². The molecule has 0 aliphatic carbocycles. The smallest absolute Gasteiger partial charge is 0.241 e. The fourth-order valence-electron chi connectivity index (χ4n) is 1.81. The standard InChI is InChI=1S/C10H18N6O/c17-10(9-16-8-4-13-14-16)12-3-7-15-5-1-11-2-6-15/h4,8,11H,1-3,5-7,9H2,(H,12,17). The second-order valence-electron chi connectivity index (χ2n) is 4.04. The summed E-state index contributed by atoms with van der Waals surface area (Å²) in [7, 11) is 0. The Bertz CT molecular complexity index is 333. The van der Waals surface area contributed by atoms with Crippen LogP contribution in [0.2, 0.25) is 0 Å². The number of carbonyl (C=O) groups excluding carboxylic acids is 1. The number of aromatic nitrogens is 3. The van der Waals surface area contributed by atoms with Crippen LogP contribution in [0.3, 0.4) is 0 Å². The second kappa shape index (κ2) is 6.31. The van der Waals surface area contributed by atoms with Crippen molar-refractivity contribution in [2.24, 2.45) is 0 Å². The molecule has 0 bridgehead atoms. The van der Waals surface area contributed by atoms with E-state index in [4.69, 9.17) is 0 Å². The SMILES string of the molecule is O=C(Cn1ccnn1)NCCN1CCNCC1. The molecule has 94 valence electrons. The topological polar surface area (TPSA) is 75.1 Å². The van der Waals surface area contributed by atoms with Crippen molar-refractivity contribution in [3.05, 3.63) is 12.4 Å². The summed E-state index contributed by atoms with van der Waals surface area (Å²) in [5.41, 5.74) is 0. The molecule has 1 saturated heterocycles. The predicted octanol–water partition coefficient (Wildman–Crippen LogP) is -1.70. The average Bonchev–Trinajstić information content (AvgIpc) is 2.83. The number of nitrogens with one attached hydrogen (secondary N) is 2. The van der Waals surface area contributed by atoms with Gasteiger partial charge >= 0.3 is 0 Å². The molecule has 0 aromatic carbocycles. The minimum Gasteiger partial charge on any atom is -0.353 e. The monoisotopic (exact) mass is 238 g/mol. The number of hydrogen-bond acceptors (Lipinski definition) is 5. The molecule has 1 aromatic rings. The van der Waals surface area contributed by atoms with Crippen molar-refractivity contribution in [1.29, 1.82) is 0 Å². The summed E-state index contributed by atoms with van der Waals surface area (Å²) in [5.74, 6) is -0.0226. The third-order valence-electron chi connectivity index (χ3n) is 2.74. The van der Waals surface area contributed by atoms with E-state index in [-0.39, 0.29) is 12.5 Å². The van der Waals surface area contributed by atoms with Crippen molar-refractivity contribution < 1.29 is 4.79 Å². The Morgan fingerprint density at radius 3 is 2.94 bits per heavy atom. The van der Waals surface area contributed by atoms with Crippen LogP contribution in [0.1, 0.15) is 0 Å². The number of amides is 1. The Morgan fingerprint density at radius 2 is 2.24 bits per heavy atom. The minimum absolute atomic E-state index is 0.0226. The lowest BCUT2D eigenvalue weighted by Crippen LogP contribution is -2.46. The van der Waals surface area contributed by atoms with Crippen LogP contribution >= 0.6 is 0 Å². The Kier molecular flexibility index (Phi) is 4.45. The quantitative estimate of drug-likeness (QED) is 0.639. The van der Waals surface area contributed by atoms with E-state index in [1.165, 1.54) is 4.68 Å². The third kappa shape index (κ3) is 4.12. The van der Waals surface area contributed by atoms with Crippen LogP contribution in [-0.4, -0.2) is 65.1 Å². The lowest BCUT2D eigenvalue weighted by atomic mass is 10.3. The molecular formula is C10H18N6O. The summed E-state index contributed by atoms with van der Waals surface area (Å²) in [6.07, 6.45) is 3.24. The highest BCUT2D eigenvalue weighted by Crippen LogP contribution is 1.90. The number of piperazine rings is 1. The first-order chi connectivity index (χ1) is 8.34. The number of hydrogen-bond donors (Lipinski definition) is 2. The van der Waals surface area contributed by atoms with Crippen molar-refractivity contribution in [2.75, 3.05) is 39.3 Å². The fourth-order valence-corrected chi connectivity index (χ4v) is 1.81.